The smallest absolute Gasteiger partial charge is 0.272 e. The van der Waals surface area contributed by atoms with E-state index in [4.69, 9.17) is 4.74 Å². The normalized spacial score (nSPS) is 14.4. The summed E-state index contributed by atoms with van der Waals surface area (Å²) in [6.45, 7) is 1.90. The van der Waals surface area contributed by atoms with E-state index >= 15 is 0 Å². The van der Waals surface area contributed by atoms with Gasteiger partial charge in [-0.2, -0.15) is 0 Å². The minimum absolute atomic E-state index is 0.0322. The van der Waals surface area contributed by atoms with Gasteiger partial charge in [-0.15, -0.1) is 11.8 Å². The Labute approximate surface area is 149 Å². The summed E-state index contributed by atoms with van der Waals surface area (Å²) in [4.78, 5) is 27.0. The number of carbonyl (C=O) groups is 2. The first-order valence-corrected chi connectivity index (χ1v) is 8.71. The Hall–Kier alpha value is -2.60. The summed E-state index contributed by atoms with van der Waals surface area (Å²) >= 11 is 1.28. The van der Waals surface area contributed by atoms with Gasteiger partial charge < -0.3 is 4.74 Å². The summed E-state index contributed by atoms with van der Waals surface area (Å²) < 4.78 is 19.3. The van der Waals surface area contributed by atoms with Crippen LogP contribution in [0.5, 0.6) is 5.75 Å². The first-order valence-electron chi connectivity index (χ1n) is 7.73. The lowest BCUT2D eigenvalue weighted by atomic mass is 10.1. The molecule has 0 atom stereocenters. The quantitative estimate of drug-likeness (QED) is 0.762. The number of para-hydroxylation sites is 1. The first kappa shape index (κ1) is 17.2. The number of methoxy groups -OCH3 is 1. The van der Waals surface area contributed by atoms with Crippen molar-refractivity contribution >= 4 is 34.8 Å². The molecule has 2 aromatic rings. The number of anilines is 1. The van der Waals surface area contributed by atoms with Gasteiger partial charge in [0.05, 0.1) is 23.3 Å². The van der Waals surface area contributed by atoms with Crippen molar-refractivity contribution in [3.8, 4) is 5.75 Å². The van der Waals surface area contributed by atoms with Crippen LogP contribution in [0.2, 0.25) is 0 Å². The van der Waals surface area contributed by atoms with E-state index in [0.717, 1.165) is 4.90 Å². The van der Waals surface area contributed by atoms with Crippen molar-refractivity contribution in [3.63, 3.8) is 0 Å². The maximum Gasteiger partial charge on any atom is 0.272 e. The van der Waals surface area contributed by atoms with Gasteiger partial charge in [0.1, 0.15) is 11.6 Å². The highest BCUT2D eigenvalue weighted by Gasteiger charge is 2.40. The SMILES string of the molecule is CCSC1=C(c2ccc(OC)cc2)C(=O)N(c2ccccc2F)C1=O. The van der Waals surface area contributed by atoms with Gasteiger partial charge >= 0.3 is 0 Å². The summed E-state index contributed by atoms with van der Waals surface area (Å²) in [7, 11) is 1.55. The fraction of sp³-hybridized carbons (Fsp3) is 0.158. The average Bonchev–Trinajstić information content (AvgIpc) is 2.86. The number of amides is 2. The molecule has 0 unspecified atom stereocenters. The zero-order valence-electron chi connectivity index (χ0n) is 13.8. The van der Waals surface area contributed by atoms with E-state index in [2.05, 4.69) is 0 Å². The molecule has 1 heterocycles. The molecule has 0 fully saturated rings. The van der Waals surface area contributed by atoms with Gasteiger partial charge in [0, 0.05) is 0 Å². The number of imide groups is 1. The molecule has 128 valence electrons. The first-order chi connectivity index (χ1) is 12.1. The number of nitrogens with zero attached hydrogens (tertiary/aromatic N) is 1. The molecule has 1 aliphatic rings. The molecule has 0 aromatic heterocycles. The van der Waals surface area contributed by atoms with Crippen LogP contribution in [0.25, 0.3) is 5.57 Å². The molecule has 25 heavy (non-hydrogen) atoms. The minimum Gasteiger partial charge on any atom is -0.497 e. The number of hydrogen-bond acceptors (Lipinski definition) is 4. The van der Waals surface area contributed by atoms with E-state index < -0.39 is 17.6 Å². The van der Waals surface area contributed by atoms with Crippen molar-refractivity contribution in [3.05, 3.63) is 64.8 Å². The summed E-state index contributed by atoms with van der Waals surface area (Å²) in [5, 5.41) is 0. The molecular weight excluding hydrogens is 341 g/mol. The Bertz CT molecular complexity index is 861. The monoisotopic (exact) mass is 357 g/mol. The van der Waals surface area contributed by atoms with Gasteiger partial charge in [0.25, 0.3) is 11.8 Å². The molecule has 0 spiro atoms. The number of halogens is 1. The summed E-state index contributed by atoms with van der Waals surface area (Å²) in [5.74, 6) is -0.346. The maximum atomic E-state index is 14.1. The van der Waals surface area contributed by atoms with Gasteiger partial charge in [-0.1, -0.05) is 31.2 Å². The summed E-state index contributed by atoms with van der Waals surface area (Å²) in [6, 6.07) is 12.7. The van der Waals surface area contributed by atoms with Gasteiger partial charge in [0.2, 0.25) is 0 Å². The number of ether oxygens (including phenoxy) is 1. The Morgan fingerprint density at radius 3 is 2.32 bits per heavy atom. The number of thioether (sulfide) groups is 1. The lowest BCUT2D eigenvalue weighted by Gasteiger charge is -2.15. The molecule has 2 aromatic carbocycles. The molecule has 0 saturated heterocycles. The van der Waals surface area contributed by atoms with Crippen LogP contribution in [-0.2, 0) is 9.59 Å². The number of benzene rings is 2. The van der Waals surface area contributed by atoms with Gasteiger partial charge in [-0.3, -0.25) is 9.59 Å². The van der Waals surface area contributed by atoms with E-state index in [-0.39, 0.29) is 5.69 Å². The molecule has 2 amide bonds. The highest BCUT2D eigenvalue weighted by atomic mass is 32.2. The third-order valence-electron chi connectivity index (χ3n) is 3.80. The lowest BCUT2D eigenvalue weighted by Crippen LogP contribution is -2.32. The zero-order valence-corrected chi connectivity index (χ0v) is 14.6. The van der Waals surface area contributed by atoms with Gasteiger partial charge in [-0.25, -0.2) is 9.29 Å². The molecule has 0 saturated carbocycles. The van der Waals surface area contributed by atoms with Crippen molar-refractivity contribution in [1.82, 2.24) is 0 Å². The number of rotatable bonds is 5. The van der Waals surface area contributed by atoms with Crippen molar-refractivity contribution < 1.29 is 18.7 Å². The van der Waals surface area contributed by atoms with Crippen LogP contribution < -0.4 is 9.64 Å². The number of hydrogen-bond donors (Lipinski definition) is 0. The summed E-state index contributed by atoms with van der Waals surface area (Å²) in [6.07, 6.45) is 0. The fourth-order valence-electron chi connectivity index (χ4n) is 2.65. The molecule has 0 bridgehead atoms. The van der Waals surface area contributed by atoms with E-state index in [1.165, 1.54) is 30.0 Å². The van der Waals surface area contributed by atoms with Crippen LogP contribution in [0.1, 0.15) is 12.5 Å². The Kier molecular flexibility index (Phi) is 4.90. The Morgan fingerprint density at radius 1 is 1.04 bits per heavy atom. The Morgan fingerprint density at radius 2 is 1.72 bits per heavy atom. The summed E-state index contributed by atoms with van der Waals surface area (Å²) in [5.41, 5.74) is 0.868. The Balaban J connectivity index is 2.09. The molecule has 1 aliphatic heterocycles. The molecule has 6 heteroatoms. The lowest BCUT2D eigenvalue weighted by molar-refractivity contribution is -0.119. The third kappa shape index (κ3) is 3.05. The van der Waals surface area contributed by atoms with Crippen LogP contribution in [0, 0.1) is 5.82 Å². The van der Waals surface area contributed by atoms with Crippen LogP contribution in [0.4, 0.5) is 10.1 Å². The van der Waals surface area contributed by atoms with Crippen molar-refractivity contribution in [2.45, 2.75) is 6.92 Å². The van der Waals surface area contributed by atoms with Gasteiger partial charge in [-0.05, 0) is 35.6 Å². The molecule has 0 radical (unpaired) electrons. The van der Waals surface area contributed by atoms with Crippen LogP contribution in [0.3, 0.4) is 0 Å². The second kappa shape index (κ2) is 7.11. The molecular formula is C19H16FNO3S. The van der Waals surface area contributed by atoms with Gasteiger partial charge in [0.15, 0.2) is 0 Å². The third-order valence-corrected chi connectivity index (χ3v) is 4.76. The number of carbonyl (C=O) groups excluding carboxylic acids is 2. The van der Waals surface area contributed by atoms with Crippen molar-refractivity contribution in [1.29, 1.82) is 0 Å². The molecule has 3 rings (SSSR count). The van der Waals surface area contributed by atoms with E-state index in [1.54, 1.807) is 37.4 Å². The molecule has 4 nitrogen and oxygen atoms in total. The highest BCUT2D eigenvalue weighted by molar-refractivity contribution is 8.04. The molecule has 0 N–H and O–H groups in total. The highest BCUT2D eigenvalue weighted by Crippen LogP contribution is 2.39. The predicted molar refractivity (Wildman–Crippen MR) is 96.9 cm³/mol. The molecule has 0 aliphatic carbocycles. The second-order valence-corrected chi connectivity index (χ2v) is 6.54. The second-order valence-electron chi connectivity index (χ2n) is 5.26. The fourth-order valence-corrected chi connectivity index (χ4v) is 3.50. The van der Waals surface area contributed by atoms with E-state index in [0.29, 0.717) is 27.5 Å². The van der Waals surface area contributed by atoms with E-state index in [9.17, 15) is 14.0 Å². The van der Waals surface area contributed by atoms with E-state index in [1.807, 2.05) is 6.92 Å². The standard InChI is InChI=1S/C19H16FNO3S/c1-3-25-17-16(12-8-10-13(24-2)11-9-12)18(22)21(19(17)23)15-7-5-4-6-14(15)20/h4-11H,3H2,1-2H3. The van der Waals surface area contributed by atoms with Crippen molar-refractivity contribution in [2.24, 2.45) is 0 Å². The topological polar surface area (TPSA) is 46.6 Å². The largest absolute Gasteiger partial charge is 0.497 e. The van der Waals surface area contributed by atoms with Crippen LogP contribution >= 0.6 is 11.8 Å². The predicted octanol–water partition coefficient (Wildman–Crippen LogP) is 3.87. The average molecular weight is 357 g/mol. The van der Waals surface area contributed by atoms with Crippen LogP contribution in [0.15, 0.2) is 53.4 Å². The minimum atomic E-state index is -0.610. The van der Waals surface area contributed by atoms with Crippen LogP contribution in [-0.4, -0.2) is 24.7 Å². The maximum absolute atomic E-state index is 14.1. The zero-order chi connectivity index (χ0) is 18.0. The van der Waals surface area contributed by atoms with Crippen molar-refractivity contribution in [2.75, 3.05) is 17.8 Å².